The van der Waals surface area contributed by atoms with E-state index < -0.39 is 0 Å². The molecule has 5 nitrogen and oxygen atoms in total. The summed E-state index contributed by atoms with van der Waals surface area (Å²) >= 11 is 0. The average Bonchev–Trinajstić information content (AvgIpc) is 3.42. The number of carbonyl (C=O) groups is 1. The molecule has 1 amide bonds. The predicted octanol–water partition coefficient (Wildman–Crippen LogP) is 4.79. The summed E-state index contributed by atoms with van der Waals surface area (Å²) < 4.78 is 0. The lowest BCUT2D eigenvalue weighted by Gasteiger charge is -2.06. The van der Waals surface area contributed by atoms with E-state index in [1.165, 1.54) is 27.5 Å². The molecule has 0 atom stereocenters. The van der Waals surface area contributed by atoms with Crippen LogP contribution >= 0.6 is 0 Å². The number of carbonyl (C=O) groups excluding carboxylic acids is 1. The normalized spacial score (nSPS) is 13.1. The number of nitrogens with one attached hydrogen (secondary N) is 2. The number of aromatic nitrogens is 2. The third kappa shape index (κ3) is 3.18. The smallest absolute Gasteiger partial charge is 0.272 e. The van der Waals surface area contributed by atoms with E-state index in [2.05, 4.69) is 51.1 Å². The zero-order valence-electron chi connectivity index (χ0n) is 17.0. The summed E-state index contributed by atoms with van der Waals surface area (Å²) in [6, 6.07) is 20.5. The highest BCUT2D eigenvalue weighted by Crippen LogP contribution is 2.36. The van der Waals surface area contributed by atoms with Gasteiger partial charge in [0, 0.05) is 5.56 Å². The number of hydrogen-bond acceptors (Lipinski definition) is 3. The van der Waals surface area contributed by atoms with Gasteiger partial charge in [0.25, 0.3) is 5.91 Å². The van der Waals surface area contributed by atoms with Gasteiger partial charge in [0.1, 0.15) is 5.69 Å². The molecule has 0 radical (unpaired) electrons. The third-order valence-electron chi connectivity index (χ3n) is 5.77. The van der Waals surface area contributed by atoms with Crippen LogP contribution in [0.3, 0.4) is 0 Å². The largest absolute Gasteiger partial charge is 0.289 e. The average molecular weight is 394 g/mol. The summed E-state index contributed by atoms with van der Waals surface area (Å²) in [5.74, 6) is -0.314. The zero-order chi connectivity index (χ0) is 20.7. The van der Waals surface area contributed by atoms with Gasteiger partial charge in [0.2, 0.25) is 0 Å². The van der Waals surface area contributed by atoms with Gasteiger partial charge in [-0.1, -0.05) is 60.2 Å². The van der Waals surface area contributed by atoms with E-state index in [-0.39, 0.29) is 5.91 Å². The van der Waals surface area contributed by atoms with Crippen LogP contribution in [-0.2, 0) is 12.8 Å². The number of rotatable bonds is 4. The molecule has 1 aliphatic rings. The standard InChI is InChI=1S/C25H22N4O/c1-15-6-8-17(9-7-15)16(2)26-29-25(30)23-14-22(27-28-23)20-13-12-19-11-10-18-4-3-5-21(20)24(18)19/h3-9,12-14H,10-11H2,1-2H3,(H,27,28)(H,29,30). The van der Waals surface area contributed by atoms with Crippen molar-refractivity contribution in [2.45, 2.75) is 26.7 Å². The molecule has 1 aromatic heterocycles. The Morgan fingerprint density at radius 1 is 1.03 bits per heavy atom. The highest BCUT2D eigenvalue weighted by molar-refractivity contribution is 6.03. The fourth-order valence-electron chi connectivity index (χ4n) is 4.10. The van der Waals surface area contributed by atoms with Crippen LogP contribution in [-0.4, -0.2) is 21.8 Å². The van der Waals surface area contributed by atoms with Crippen molar-refractivity contribution in [3.05, 3.63) is 88.6 Å². The lowest BCUT2D eigenvalue weighted by Crippen LogP contribution is -2.19. The minimum absolute atomic E-state index is 0.314. The lowest BCUT2D eigenvalue weighted by atomic mass is 9.98. The molecule has 0 bridgehead atoms. The Bertz CT molecular complexity index is 1290. The molecule has 5 rings (SSSR count). The Labute approximate surface area is 174 Å². The number of aromatic amines is 1. The summed E-state index contributed by atoms with van der Waals surface area (Å²) in [4.78, 5) is 12.6. The Balaban J connectivity index is 1.40. The van der Waals surface area contributed by atoms with Gasteiger partial charge in [-0.2, -0.15) is 10.2 Å². The first kappa shape index (κ1) is 18.3. The molecule has 0 saturated carbocycles. The van der Waals surface area contributed by atoms with Gasteiger partial charge in [0.05, 0.1) is 11.4 Å². The van der Waals surface area contributed by atoms with Crippen molar-refractivity contribution in [1.29, 1.82) is 0 Å². The van der Waals surface area contributed by atoms with Crippen LogP contribution in [0.2, 0.25) is 0 Å². The number of hydrazone groups is 1. The second-order valence-electron chi connectivity index (χ2n) is 7.78. The van der Waals surface area contributed by atoms with E-state index in [1.807, 2.05) is 38.1 Å². The Kier molecular flexibility index (Phi) is 4.43. The van der Waals surface area contributed by atoms with Crippen molar-refractivity contribution in [2.24, 2.45) is 5.10 Å². The van der Waals surface area contributed by atoms with Crippen LogP contribution in [0.1, 0.15) is 39.7 Å². The Morgan fingerprint density at radius 3 is 2.60 bits per heavy atom. The molecule has 0 fully saturated rings. The molecule has 3 aromatic carbocycles. The van der Waals surface area contributed by atoms with E-state index >= 15 is 0 Å². The van der Waals surface area contributed by atoms with Gasteiger partial charge < -0.3 is 0 Å². The molecule has 1 aliphatic carbocycles. The van der Waals surface area contributed by atoms with Crippen LogP contribution < -0.4 is 5.43 Å². The van der Waals surface area contributed by atoms with E-state index in [4.69, 9.17) is 0 Å². The van der Waals surface area contributed by atoms with E-state index in [1.54, 1.807) is 6.07 Å². The molecule has 2 N–H and O–H groups in total. The second-order valence-corrected chi connectivity index (χ2v) is 7.78. The molecule has 0 aliphatic heterocycles. The van der Waals surface area contributed by atoms with Gasteiger partial charge in [-0.25, -0.2) is 5.43 Å². The summed E-state index contributed by atoms with van der Waals surface area (Å²) in [6.07, 6.45) is 2.17. The maximum Gasteiger partial charge on any atom is 0.289 e. The Hall–Kier alpha value is -3.73. The Morgan fingerprint density at radius 2 is 1.80 bits per heavy atom. The minimum atomic E-state index is -0.314. The quantitative estimate of drug-likeness (QED) is 0.386. The summed E-state index contributed by atoms with van der Waals surface area (Å²) in [7, 11) is 0. The van der Waals surface area contributed by atoms with Gasteiger partial charge in [-0.05, 0) is 60.2 Å². The van der Waals surface area contributed by atoms with Crippen molar-refractivity contribution in [3.8, 4) is 11.3 Å². The monoisotopic (exact) mass is 394 g/mol. The molecule has 0 saturated heterocycles. The SMILES string of the molecule is CC(=NNC(=O)c1cc(-c2ccc3c4c(cccc24)CC3)n[nH]1)c1ccc(C)cc1. The molecule has 0 unspecified atom stereocenters. The number of nitrogens with zero attached hydrogens (tertiary/aromatic N) is 2. The molecular formula is C25H22N4O. The fraction of sp³-hybridized carbons (Fsp3) is 0.160. The van der Waals surface area contributed by atoms with Crippen LogP contribution in [0.4, 0.5) is 0 Å². The van der Waals surface area contributed by atoms with Gasteiger partial charge in [-0.3, -0.25) is 9.89 Å². The summed E-state index contributed by atoms with van der Waals surface area (Å²) in [6.45, 7) is 3.91. The molecule has 4 aromatic rings. The minimum Gasteiger partial charge on any atom is -0.272 e. The number of amides is 1. The van der Waals surface area contributed by atoms with E-state index in [9.17, 15) is 4.79 Å². The van der Waals surface area contributed by atoms with Gasteiger partial charge >= 0.3 is 0 Å². The second kappa shape index (κ2) is 7.26. The summed E-state index contributed by atoms with van der Waals surface area (Å²) in [5, 5.41) is 14.0. The van der Waals surface area contributed by atoms with Crippen LogP contribution in [0, 0.1) is 6.92 Å². The first-order valence-corrected chi connectivity index (χ1v) is 10.1. The molecule has 148 valence electrons. The topological polar surface area (TPSA) is 70.1 Å². The number of H-pyrrole nitrogens is 1. The van der Waals surface area contributed by atoms with E-state index in [0.29, 0.717) is 5.69 Å². The molecule has 0 spiro atoms. The summed E-state index contributed by atoms with van der Waals surface area (Å²) in [5.41, 5.74) is 10.5. The molecule has 30 heavy (non-hydrogen) atoms. The zero-order valence-corrected chi connectivity index (χ0v) is 17.0. The first-order valence-electron chi connectivity index (χ1n) is 10.1. The molecule has 1 heterocycles. The molecule has 5 heteroatoms. The van der Waals surface area contributed by atoms with E-state index in [0.717, 1.165) is 35.4 Å². The van der Waals surface area contributed by atoms with Crippen molar-refractivity contribution >= 4 is 22.4 Å². The maximum absolute atomic E-state index is 12.6. The van der Waals surface area contributed by atoms with Crippen molar-refractivity contribution in [2.75, 3.05) is 0 Å². The van der Waals surface area contributed by atoms with Crippen molar-refractivity contribution in [3.63, 3.8) is 0 Å². The third-order valence-corrected chi connectivity index (χ3v) is 5.77. The maximum atomic E-state index is 12.6. The van der Waals surface area contributed by atoms with Crippen LogP contribution in [0.5, 0.6) is 0 Å². The number of aryl methyl sites for hydroxylation is 3. The van der Waals surface area contributed by atoms with Crippen molar-refractivity contribution in [1.82, 2.24) is 15.6 Å². The highest BCUT2D eigenvalue weighted by Gasteiger charge is 2.18. The predicted molar refractivity (Wildman–Crippen MR) is 120 cm³/mol. The van der Waals surface area contributed by atoms with Crippen molar-refractivity contribution < 1.29 is 4.79 Å². The number of benzene rings is 3. The van der Waals surface area contributed by atoms with Gasteiger partial charge in [0.15, 0.2) is 0 Å². The van der Waals surface area contributed by atoms with Gasteiger partial charge in [-0.15, -0.1) is 0 Å². The first-order chi connectivity index (χ1) is 14.6. The highest BCUT2D eigenvalue weighted by atomic mass is 16.2. The molecular weight excluding hydrogens is 372 g/mol. The lowest BCUT2D eigenvalue weighted by molar-refractivity contribution is 0.0950. The van der Waals surface area contributed by atoms with Crippen LogP contribution in [0.15, 0.2) is 65.8 Å². The number of hydrogen-bond donors (Lipinski definition) is 2. The fourth-order valence-corrected chi connectivity index (χ4v) is 4.10. The van der Waals surface area contributed by atoms with Crippen LogP contribution in [0.25, 0.3) is 22.0 Å².